The van der Waals surface area contributed by atoms with Crippen molar-refractivity contribution in [2.24, 2.45) is 0 Å². The third-order valence-corrected chi connectivity index (χ3v) is 11.3. The first-order valence-corrected chi connectivity index (χ1v) is 27.1. The van der Waals surface area contributed by atoms with Gasteiger partial charge in [0, 0.05) is 19.3 Å². The molecule has 0 heterocycles. The first-order valence-electron chi connectivity index (χ1n) is 27.1. The van der Waals surface area contributed by atoms with Crippen LogP contribution in [0, 0.1) is 0 Å². The molecule has 2 atom stereocenters. The standard InChI is InChI=1S/C61H99NO7/c1-6-8-10-12-14-16-18-20-22-24-26-28-30-32-33-35-37-39-41-43-45-47-49-51-59(63)68-56-57(55-67-54-53-58(61(65)66)62(3,4)5)69-60(64)52-50-48-46-44-42-40-38-36-34-31-29-27-25-23-21-19-17-15-13-11-9-7-2/h8-11,14-17,20-23,26-29,34,36,40,42,57-58H,6-7,12-13,18-19,24-25,30-33,35,37-39,41,43-56H2,1-5H3/b10-8+,11-9+,16-14+,17-15+,22-20+,23-21+,28-26+,29-27+,36-34+,42-40+. The maximum absolute atomic E-state index is 12.8. The van der Waals surface area contributed by atoms with Gasteiger partial charge in [-0.25, -0.2) is 0 Å². The molecule has 0 spiro atoms. The van der Waals surface area contributed by atoms with Crippen molar-refractivity contribution >= 4 is 17.9 Å². The molecule has 69 heavy (non-hydrogen) atoms. The molecule has 0 N–H and O–H groups in total. The van der Waals surface area contributed by atoms with Crippen molar-refractivity contribution in [3.05, 3.63) is 122 Å². The lowest BCUT2D eigenvalue weighted by molar-refractivity contribution is -0.889. The van der Waals surface area contributed by atoms with E-state index >= 15 is 0 Å². The fourth-order valence-corrected chi connectivity index (χ4v) is 7.24. The molecule has 0 aromatic carbocycles. The maximum atomic E-state index is 12.8. The molecule has 0 saturated heterocycles. The number of carbonyl (C=O) groups excluding carboxylic acids is 3. The quantitative estimate of drug-likeness (QED) is 0.0259. The summed E-state index contributed by atoms with van der Waals surface area (Å²) in [5.41, 5.74) is 0. The number of quaternary nitrogens is 1. The van der Waals surface area contributed by atoms with Crippen molar-refractivity contribution < 1.29 is 38.2 Å². The van der Waals surface area contributed by atoms with Crippen LogP contribution in [0.3, 0.4) is 0 Å². The molecule has 0 bridgehead atoms. The van der Waals surface area contributed by atoms with Gasteiger partial charge in [-0.05, 0) is 103 Å². The van der Waals surface area contributed by atoms with E-state index in [4.69, 9.17) is 14.2 Å². The SMILES string of the molecule is CC/C=C/C/C=C/C/C=C/C/C=C/C/C=C/C/C=C/CCCCCC(=O)OC(COCCC(C(=O)[O-])[N+](C)(C)C)COC(=O)CCCCCCCCCCCC/C=C/C/C=C/C/C=C/C/C=C/CC. The summed E-state index contributed by atoms with van der Waals surface area (Å²) in [6.07, 6.45) is 70.9. The van der Waals surface area contributed by atoms with Gasteiger partial charge < -0.3 is 28.6 Å². The second kappa shape index (κ2) is 50.1. The number of carbonyl (C=O) groups is 3. The zero-order valence-corrected chi connectivity index (χ0v) is 44.4. The third-order valence-electron chi connectivity index (χ3n) is 11.3. The van der Waals surface area contributed by atoms with Gasteiger partial charge in [-0.1, -0.05) is 193 Å². The van der Waals surface area contributed by atoms with Gasteiger partial charge in [0.05, 0.1) is 40.3 Å². The van der Waals surface area contributed by atoms with Gasteiger partial charge in [0.15, 0.2) is 6.10 Å². The minimum Gasteiger partial charge on any atom is -0.544 e. The average Bonchev–Trinajstić information content (AvgIpc) is 3.31. The molecule has 8 heteroatoms. The van der Waals surface area contributed by atoms with Crippen LogP contribution in [-0.4, -0.2) is 75.5 Å². The number of carboxylic acid groups (broad SMARTS) is 1. The molecule has 0 amide bonds. The van der Waals surface area contributed by atoms with Gasteiger partial charge in [0.2, 0.25) is 0 Å². The Morgan fingerprint density at radius 1 is 0.435 bits per heavy atom. The van der Waals surface area contributed by atoms with E-state index in [1.54, 1.807) is 21.1 Å². The summed E-state index contributed by atoms with van der Waals surface area (Å²) < 4.78 is 17.2. The van der Waals surface area contributed by atoms with E-state index in [9.17, 15) is 19.5 Å². The number of aliphatic carboxylic acids is 1. The summed E-state index contributed by atoms with van der Waals surface area (Å²) in [6, 6.07) is -0.741. The molecule has 0 rings (SSSR count). The lowest BCUT2D eigenvalue weighted by atomic mass is 10.1. The zero-order chi connectivity index (χ0) is 50.6. The first kappa shape index (κ1) is 64.7. The molecule has 0 aliphatic carbocycles. The highest BCUT2D eigenvalue weighted by molar-refractivity contribution is 5.70. The number of nitrogens with zero attached hydrogens (tertiary/aromatic N) is 1. The minimum absolute atomic E-state index is 0.0178. The van der Waals surface area contributed by atoms with Crippen molar-refractivity contribution in [3.8, 4) is 0 Å². The van der Waals surface area contributed by atoms with Crippen LogP contribution in [0.1, 0.15) is 194 Å². The topological polar surface area (TPSA) is 102 Å². The highest BCUT2D eigenvalue weighted by Gasteiger charge is 2.25. The molecule has 0 aromatic rings. The molecule has 390 valence electrons. The number of unbranched alkanes of at least 4 members (excludes halogenated alkanes) is 13. The Kier molecular flexibility index (Phi) is 47.0. The predicted octanol–water partition coefficient (Wildman–Crippen LogP) is 14.8. The van der Waals surface area contributed by atoms with Gasteiger partial charge >= 0.3 is 11.9 Å². The highest BCUT2D eigenvalue weighted by atomic mass is 16.6. The third kappa shape index (κ3) is 48.5. The first-order chi connectivity index (χ1) is 33.6. The molecular weight excluding hydrogens is 859 g/mol. The van der Waals surface area contributed by atoms with Crippen LogP contribution in [0.2, 0.25) is 0 Å². The molecule has 2 unspecified atom stereocenters. The van der Waals surface area contributed by atoms with Gasteiger partial charge in [0.1, 0.15) is 12.6 Å². The van der Waals surface area contributed by atoms with E-state index < -0.39 is 18.1 Å². The van der Waals surface area contributed by atoms with Crippen LogP contribution >= 0.6 is 0 Å². The number of ether oxygens (including phenoxy) is 3. The molecule has 0 aliphatic rings. The summed E-state index contributed by atoms with van der Waals surface area (Å²) in [7, 11) is 5.39. The molecule has 0 saturated carbocycles. The highest BCUT2D eigenvalue weighted by Crippen LogP contribution is 2.14. The average molecular weight is 958 g/mol. The maximum Gasteiger partial charge on any atom is 0.306 e. The lowest BCUT2D eigenvalue weighted by Crippen LogP contribution is -2.55. The minimum atomic E-state index is -1.14. The van der Waals surface area contributed by atoms with Gasteiger partial charge in [-0.2, -0.15) is 0 Å². The fourth-order valence-electron chi connectivity index (χ4n) is 7.24. The van der Waals surface area contributed by atoms with Crippen molar-refractivity contribution in [1.82, 2.24) is 0 Å². The summed E-state index contributed by atoms with van der Waals surface area (Å²) in [4.78, 5) is 37.1. The number of hydrogen-bond donors (Lipinski definition) is 0. The van der Waals surface area contributed by atoms with Crippen LogP contribution < -0.4 is 5.11 Å². The largest absolute Gasteiger partial charge is 0.544 e. The Bertz CT molecular complexity index is 1540. The van der Waals surface area contributed by atoms with Gasteiger partial charge in [0.25, 0.3) is 0 Å². The van der Waals surface area contributed by atoms with Crippen LogP contribution in [0.25, 0.3) is 0 Å². The zero-order valence-electron chi connectivity index (χ0n) is 44.4. The van der Waals surface area contributed by atoms with Crippen LogP contribution in [0.4, 0.5) is 0 Å². The Hall–Kier alpha value is -4.27. The number of hydrogen-bond acceptors (Lipinski definition) is 7. The number of likely N-dealkylation sites (N-methyl/N-ethyl adjacent to an activating group) is 1. The van der Waals surface area contributed by atoms with Crippen molar-refractivity contribution in [2.45, 2.75) is 206 Å². The van der Waals surface area contributed by atoms with E-state index in [2.05, 4.69) is 135 Å². The monoisotopic (exact) mass is 958 g/mol. The number of allylic oxidation sites excluding steroid dienone is 20. The Balaban J connectivity index is 4.31. The van der Waals surface area contributed by atoms with E-state index in [0.29, 0.717) is 12.8 Å². The summed E-state index contributed by atoms with van der Waals surface area (Å²) in [5, 5.41) is 11.7. The summed E-state index contributed by atoms with van der Waals surface area (Å²) >= 11 is 0. The lowest BCUT2D eigenvalue weighted by Gasteiger charge is -2.34. The number of rotatable bonds is 47. The summed E-state index contributed by atoms with van der Waals surface area (Å²) in [6.45, 7) is 4.39. The number of esters is 2. The molecule has 0 aromatic heterocycles. The normalized spacial score (nSPS) is 13.8. The Morgan fingerprint density at radius 3 is 1.14 bits per heavy atom. The molecular formula is C61H99NO7. The fraction of sp³-hybridized carbons (Fsp3) is 0.623. The van der Waals surface area contributed by atoms with Gasteiger partial charge in [-0.15, -0.1) is 0 Å². The molecule has 0 fully saturated rings. The van der Waals surface area contributed by atoms with E-state index in [1.807, 2.05) is 0 Å². The Labute approximate surface area is 422 Å². The van der Waals surface area contributed by atoms with Crippen LogP contribution in [0.15, 0.2) is 122 Å². The molecule has 0 radical (unpaired) electrons. The van der Waals surface area contributed by atoms with Crippen LogP contribution in [-0.2, 0) is 28.6 Å². The second-order valence-electron chi connectivity index (χ2n) is 18.7. The smallest absolute Gasteiger partial charge is 0.306 e. The van der Waals surface area contributed by atoms with Gasteiger partial charge in [-0.3, -0.25) is 9.59 Å². The van der Waals surface area contributed by atoms with E-state index in [0.717, 1.165) is 109 Å². The summed E-state index contributed by atoms with van der Waals surface area (Å²) in [5.74, 6) is -1.80. The van der Waals surface area contributed by atoms with Crippen LogP contribution in [0.5, 0.6) is 0 Å². The second-order valence-corrected chi connectivity index (χ2v) is 18.7. The van der Waals surface area contributed by atoms with E-state index in [-0.39, 0.29) is 49.1 Å². The van der Waals surface area contributed by atoms with E-state index in [1.165, 1.54) is 44.9 Å². The Morgan fingerprint density at radius 2 is 0.768 bits per heavy atom. The van der Waals surface area contributed by atoms with Crippen molar-refractivity contribution in [3.63, 3.8) is 0 Å². The molecule has 0 aliphatic heterocycles. The predicted molar refractivity (Wildman–Crippen MR) is 291 cm³/mol. The molecule has 8 nitrogen and oxygen atoms in total. The number of carboxylic acids is 1. The van der Waals surface area contributed by atoms with Crippen molar-refractivity contribution in [2.75, 3.05) is 41.0 Å². The van der Waals surface area contributed by atoms with Crippen molar-refractivity contribution in [1.29, 1.82) is 0 Å².